The first-order valence-corrected chi connectivity index (χ1v) is 9.09. The van der Waals surface area contributed by atoms with Crippen LogP contribution in [0.3, 0.4) is 0 Å². The summed E-state index contributed by atoms with van der Waals surface area (Å²) in [6, 6.07) is 6.72. The molecule has 0 bridgehead atoms. The molecular formula is C20H18ClFN4O. The number of nitrogens with zero attached hydrogens (tertiary/aromatic N) is 3. The highest BCUT2D eigenvalue weighted by molar-refractivity contribution is 6.32. The summed E-state index contributed by atoms with van der Waals surface area (Å²) < 4.78 is 14.2. The van der Waals surface area contributed by atoms with Crippen molar-refractivity contribution in [3.8, 4) is 11.4 Å². The maximum absolute atomic E-state index is 14.2. The first kappa shape index (κ1) is 17.8. The number of aromatic nitrogens is 3. The quantitative estimate of drug-likeness (QED) is 0.750. The topological polar surface area (TPSA) is 61.9 Å². The third kappa shape index (κ3) is 3.50. The number of H-pyrrole nitrogens is 1. The van der Waals surface area contributed by atoms with Crippen LogP contribution in [0.25, 0.3) is 11.4 Å². The van der Waals surface area contributed by atoms with Crippen LogP contribution < -0.4 is 5.56 Å². The fraction of sp³-hybridized carbons (Fsp3) is 0.250. The average molecular weight is 385 g/mol. The number of benzene rings is 1. The average Bonchev–Trinajstić information content (AvgIpc) is 2.69. The van der Waals surface area contributed by atoms with Gasteiger partial charge in [-0.1, -0.05) is 17.7 Å². The number of pyridine rings is 1. The van der Waals surface area contributed by atoms with Gasteiger partial charge in [-0.3, -0.25) is 14.7 Å². The number of nitrogens with one attached hydrogen (secondary N) is 1. The van der Waals surface area contributed by atoms with Crippen LogP contribution in [0.15, 0.2) is 41.5 Å². The molecule has 0 aliphatic carbocycles. The monoisotopic (exact) mass is 384 g/mol. The Hall–Kier alpha value is -2.57. The molecule has 2 aromatic heterocycles. The van der Waals surface area contributed by atoms with E-state index in [0.717, 1.165) is 16.8 Å². The second kappa shape index (κ2) is 7.21. The van der Waals surface area contributed by atoms with Gasteiger partial charge in [0.05, 0.1) is 16.3 Å². The van der Waals surface area contributed by atoms with Crippen molar-refractivity contribution < 1.29 is 4.39 Å². The Balaban J connectivity index is 1.61. The minimum Gasteiger partial charge on any atom is -0.306 e. The van der Waals surface area contributed by atoms with Gasteiger partial charge in [0.15, 0.2) is 0 Å². The molecule has 7 heteroatoms. The lowest BCUT2D eigenvalue weighted by atomic mass is 10.0. The van der Waals surface area contributed by atoms with Gasteiger partial charge in [-0.2, -0.15) is 0 Å². The molecular weight excluding hydrogens is 367 g/mol. The molecule has 3 aromatic rings. The summed E-state index contributed by atoms with van der Waals surface area (Å²) in [5, 5.41) is 0.445. The van der Waals surface area contributed by atoms with E-state index in [0.29, 0.717) is 48.0 Å². The van der Waals surface area contributed by atoms with Crippen LogP contribution in [0.1, 0.15) is 22.4 Å². The van der Waals surface area contributed by atoms with E-state index in [1.165, 1.54) is 6.07 Å². The molecule has 0 amide bonds. The molecule has 1 aliphatic rings. The van der Waals surface area contributed by atoms with E-state index in [1.54, 1.807) is 18.5 Å². The molecule has 0 saturated carbocycles. The maximum Gasteiger partial charge on any atom is 0.255 e. The summed E-state index contributed by atoms with van der Waals surface area (Å²) in [6.45, 7) is 3.31. The van der Waals surface area contributed by atoms with E-state index in [-0.39, 0.29) is 11.4 Å². The minimum atomic E-state index is -0.323. The number of hydrogen-bond donors (Lipinski definition) is 1. The zero-order valence-electron chi connectivity index (χ0n) is 14.8. The summed E-state index contributed by atoms with van der Waals surface area (Å²) in [5.41, 5.74) is 3.39. The van der Waals surface area contributed by atoms with Gasteiger partial charge in [-0.05, 0) is 30.7 Å². The molecule has 1 aliphatic heterocycles. The van der Waals surface area contributed by atoms with Crippen LogP contribution in [0.4, 0.5) is 4.39 Å². The van der Waals surface area contributed by atoms with Crippen molar-refractivity contribution in [2.75, 3.05) is 6.54 Å². The predicted molar refractivity (Wildman–Crippen MR) is 102 cm³/mol. The van der Waals surface area contributed by atoms with Gasteiger partial charge in [0.1, 0.15) is 11.6 Å². The van der Waals surface area contributed by atoms with Crippen molar-refractivity contribution >= 4 is 11.6 Å². The molecule has 4 rings (SSSR count). The van der Waals surface area contributed by atoms with Crippen LogP contribution in [-0.4, -0.2) is 26.4 Å². The van der Waals surface area contributed by atoms with E-state index < -0.39 is 0 Å². The lowest BCUT2D eigenvalue weighted by Gasteiger charge is -2.28. The zero-order valence-corrected chi connectivity index (χ0v) is 15.6. The summed E-state index contributed by atoms with van der Waals surface area (Å²) >= 11 is 6.29. The summed E-state index contributed by atoms with van der Waals surface area (Å²) in [5.74, 6) is 0.221. The summed E-state index contributed by atoms with van der Waals surface area (Å²) in [6.07, 6.45) is 3.95. The first-order chi connectivity index (χ1) is 13.0. The molecule has 0 unspecified atom stereocenters. The van der Waals surface area contributed by atoms with Crippen LogP contribution >= 0.6 is 11.6 Å². The van der Waals surface area contributed by atoms with Crippen molar-refractivity contribution in [3.05, 3.63) is 80.2 Å². The molecule has 5 nitrogen and oxygen atoms in total. The first-order valence-electron chi connectivity index (χ1n) is 8.71. The Labute approximate surface area is 160 Å². The van der Waals surface area contributed by atoms with Crippen LogP contribution in [0, 0.1) is 12.7 Å². The number of halogens is 2. The number of rotatable bonds is 3. The van der Waals surface area contributed by atoms with Crippen molar-refractivity contribution in [2.45, 2.75) is 26.4 Å². The largest absolute Gasteiger partial charge is 0.306 e. The Morgan fingerprint density at radius 2 is 2.04 bits per heavy atom. The fourth-order valence-corrected chi connectivity index (χ4v) is 3.56. The highest BCUT2D eigenvalue weighted by atomic mass is 35.5. The number of aryl methyl sites for hydroxylation is 1. The molecule has 0 atom stereocenters. The maximum atomic E-state index is 14.2. The molecule has 3 heterocycles. The van der Waals surface area contributed by atoms with Crippen molar-refractivity contribution in [1.29, 1.82) is 0 Å². The lowest BCUT2D eigenvalue weighted by molar-refractivity contribution is 0.238. The summed E-state index contributed by atoms with van der Waals surface area (Å²) in [4.78, 5) is 26.1. The molecule has 0 spiro atoms. The summed E-state index contributed by atoms with van der Waals surface area (Å²) in [7, 11) is 0. The highest BCUT2D eigenvalue weighted by Crippen LogP contribution is 2.27. The molecule has 138 valence electrons. The molecule has 1 aromatic carbocycles. The zero-order chi connectivity index (χ0) is 19.0. The molecule has 27 heavy (non-hydrogen) atoms. The van der Waals surface area contributed by atoms with Crippen molar-refractivity contribution in [3.63, 3.8) is 0 Å². The Bertz CT molecular complexity index is 1050. The molecule has 1 N–H and O–H groups in total. The number of aromatic amines is 1. The van der Waals surface area contributed by atoms with Crippen LogP contribution in [0.2, 0.25) is 5.02 Å². The van der Waals surface area contributed by atoms with Crippen LogP contribution in [0.5, 0.6) is 0 Å². The normalized spacial score (nSPS) is 14.2. The standard InChI is InChI=1S/C20H18ClFN4O/c1-12-2-3-16(22)14(18(12)21)10-26-9-6-17-15(11-26)20(27)25-19(24-17)13-4-7-23-8-5-13/h2-5,7-8H,6,9-11H2,1H3,(H,24,25,27). The number of fused-ring (bicyclic) bond motifs is 1. The van der Waals surface area contributed by atoms with Crippen LogP contribution in [-0.2, 0) is 19.5 Å². The van der Waals surface area contributed by atoms with E-state index in [9.17, 15) is 9.18 Å². The molecule has 0 fully saturated rings. The molecule has 0 saturated heterocycles. The van der Waals surface area contributed by atoms with Gasteiger partial charge in [0.25, 0.3) is 5.56 Å². The van der Waals surface area contributed by atoms with E-state index in [2.05, 4.69) is 15.0 Å². The third-order valence-corrected chi connectivity index (χ3v) is 5.39. The van der Waals surface area contributed by atoms with E-state index in [1.807, 2.05) is 24.0 Å². The van der Waals surface area contributed by atoms with E-state index >= 15 is 0 Å². The highest BCUT2D eigenvalue weighted by Gasteiger charge is 2.23. The van der Waals surface area contributed by atoms with Gasteiger partial charge < -0.3 is 4.98 Å². The smallest absolute Gasteiger partial charge is 0.255 e. The second-order valence-electron chi connectivity index (χ2n) is 6.69. The van der Waals surface area contributed by atoms with Gasteiger partial charge in [0.2, 0.25) is 0 Å². The van der Waals surface area contributed by atoms with Gasteiger partial charge in [-0.25, -0.2) is 9.37 Å². The van der Waals surface area contributed by atoms with Crippen molar-refractivity contribution in [2.24, 2.45) is 0 Å². The predicted octanol–water partition coefficient (Wildman–Crippen LogP) is 3.49. The van der Waals surface area contributed by atoms with Gasteiger partial charge in [0, 0.05) is 49.6 Å². The van der Waals surface area contributed by atoms with Crippen molar-refractivity contribution in [1.82, 2.24) is 19.9 Å². The Morgan fingerprint density at radius 3 is 2.81 bits per heavy atom. The molecule has 0 radical (unpaired) electrons. The lowest BCUT2D eigenvalue weighted by Crippen LogP contribution is -2.35. The van der Waals surface area contributed by atoms with Gasteiger partial charge >= 0.3 is 0 Å². The SMILES string of the molecule is Cc1ccc(F)c(CN2CCc3nc(-c4ccncc4)[nH]c(=O)c3C2)c1Cl. The Morgan fingerprint density at radius 1 is 1.26 bits per heavy atom. The Kier molecular flexibility index (Phi) is 4.76. The second-order valence-corrected chi connectivity index (χ2v) is 7.07. The minimum absolute atomic E-state index is 0.160. The fourth-order valence-electron chi connectivity index (χ4n) is 3.35. The number of hydrogen-bond acceptors (Lipinski definition) is 4. The third-order valence-electron chi connectivity index (χ3n) is 4.86. The van der Waals surface area contributed by atoms with Gasteiger partial charge in [-0.15, -0.1) is 0 Å². The van der Waals surface area contributed by atoms with E-state index in [4.69, 9.17) is 11.6 Å².